The zero-order chi connectivity index (χ0) is 20.7. The van der Waals surface area contributed by atoms with Crippen LogP contribution in [0.2, 0.25) is 0 Å². The number of hydrogen-bond donors (Lipinski definition) is 2. The van der Waals surface area contributed by atoms with Crippen molar-refractivity contribution in [2.75, 3.05) is 7.11 Å². The molecule has 0 unspecified atom stereocenters. The summed E-state index contributed by atoms with van der Waals surface area (Å²) in [5, 5.41) is 7.54. The second kappa shape index (κ2) is 9.88. The van der Waals surface area contributed by atoms with Gasteiger partial charge in [-0.2, -0.15) is 0 Å². The number of rotatable bonds is 8. The Balaban J connectivity index is 2.25. The van der Waals surface area contributed by atoms with Gasteiger partial charge in [-0.05, 0) is 28.7 Å². The minimum absolute atomic E-state index is 0.196. The molecule has 0 fully saturated rings. The molecular weight excluding hydrogens is 356 g/mol. The lowest BCUT2D eigenvalue weighted by molar-refractivity contribution is -0.145. The zero-order valence-electron chi connectivity index (χ0n) is 16.8. The summed E-state index contributed by atoms with van der Waals surface area (Å²) in [7, 11) is 1.29. The summed E-state index contributed by atoms with van der Waals surface area (Å²) in [5.74, 6) is -1.01. The normalized spacial score (nSPS) is 13.0. The molecule has 150 valence electrons. The number of methoxy groups -OCH3 is 1. The molecule has 0 aliphatic carbocycles. The molecule has 0 spiro atoms. The fourth-order valence-electron chi connectivity index (χ4n) is 3.25. The lowest BCUT2D eigenvalue weighted by atomic mass is 9.97. The number of nitrogens with one attached hydrogen (secondary N) is 2. The first-order valence-electron chi connectivity index (χ1n) is 9.43. The van der Waals surface area contributed by atoms with Crippen LogP contribution in [0.15, 0.2) is 42.5 Å². The molecule has 0 radical (unpaired) electrons. The van der Waals surface area contributed by atoms with E-state index in [1.165, 1.54) is 14.0 Å². The minimum atomic E-state index is -0.789. The highest BCUT2D eigenvalue weighted by molar-refractivity contribution is 5.92. The number of esters is 1. The van der Waals surface area contributed by atoms with Crippen molar-refractivity contribution in [1.82, 2.24) is 10.6 Å². The summed E-state index contributed by atoms with van der Waals surface area (Å²) in [4.78, 5) is 36.6. The van der Waals surface area contributed by atoms with Gasteiger partial charge in [-0.1, -0.05) is 56.3 Å². The Morgan fingerprint density at radius 3 is 2.29 bits per heavy atom. The maximum atomic E-state index is 12.9. The van der Waals surface area contributed by atoms with Crippen molar-refractivity contribution in [3.63, 3.8) is 0 Å². The lowest BCUT2D eigenvalue weighted by Crippen LogP contribution is -2.52. The average molecular weight is 384 g/mol. The Morgan fingerprint density at radius 2 is 1.64 bits per heavy atom. The van der Waals surface area contributed by atoms with Crippen molar-refractivity contribution in [1.29, 1.82) is 0 Å². The van der Waals surface area contributed by atoms with E-state index in [1.807, 2.05) is 56.3 Å². The molecule has 2 aromatic rings. The van der Waals surface area contributed by atoms with Crippen LogP contribution < -0.4 is 10.6 Å². The van der Waals surface area contributed by atoms with E-state index in [9.17, 15) is 14.4 Å². The van der Waals surface area contributed by atoms with Gasteiger partial charge < -0.3 is 15.4 Å². The number of benzene rings is 2. The van der Waals surface area contributed by atoms with Gasteiger partial charge in [0.1, 0.15) is 12.1 Å². The third-order valence-electron chi connectivity index (χ3n) is 4.51. The maximum Gasteiger partial charge on any atom is 0.328 e. The maximum absolute atomic E-state index is 12.9. The van der Waals surface area contributed by atoms with Crippen LogP contribution in [0.1, 0.15) is 32.8 Å². The Kier molecular flexibility index (Phi) is 7.55. The zero-order valence-corrected chi connectivity index (χ0v) is 16.8. The highest BCUT2D eigenvalue weighted by Crippen LogP contribution is 2.20. The molecular formula is C22H28N2O4. The summed E-state index contributed by atoms with van der Waals surface area (Å²) in [6.45, 7) is 5.29. The van der Waals surface area contributed by atoms with Gasteiger partial charge in [-0.25, -0.2) is 4.79 Å². The SMILES string of the molecule is COC(=O)[C@H](CC(C)C)NC(=O)[C@H](Cc1cccc2ccccc12)NC(C)=O. The summed E-state index contributed by atoms with van der Waals surface area (Å²) in [6.07, 6.45) is 0.780. The van der Waals surface area contributed by atoms with Crippen molar-refractivity contribution < 1.29 is 19.1 Å². The van der Waals surface area contributed by atoms with E-state index in [0.29, 0.717) is 12.8 Å². The van der Waals surface area contributed by atoms with Gasteiger partial charge in [0, 0.05) is 13.3 Å². The number of carbonyl (C=O) groups excluding carboxylic acids is 3. The topological polar surface area (TPSA) is 84.5 Å². The molecule has 2 rings (SSSR count). The molecule has 2 atom stereocenters. The van der Waals surface area contributed by atoms with Crippen LogP contribution >= 0.6 is 0 Å². The van der Waals surface area contributed by atoms with Crippen molar-refractivity contribution in [2.45, 2.75) is 45.7 Å². The van der Waals surface area contributed by atoms with Gasteiger partial charge in [-0.3, -0.25) is 9.59 Å². The quantitative estimate of drug-likeness (QED) is 0.685. The first-order valence-corrected chi connectivity index (χ1v) is 9.43. The fourth-order valence-corrected chi connectivity index (χ4v) is 3.25. The van der Waals surface area contributed by atoms with Crippen molar-refractivity contribution >= 4 is 28.6 Å². The van der Waals surface area contributed by atoms with E-state index >= 15 is 0 Å². The van der Waals surface area contributed by atoms with Gasteiger partial charge in [0.15, 0.2) is 0 Å². The summed E-state index contributed by atoms with van der Waals surface area (Å²) in [5.41, 5.74) is 0.950. The molecule has 6 heteroatoms. The third kappa shape index (κ3) is 5.81. The summed E-state index contributed by atoms with van der Waals surface area (Å²) >= 11 is 0. The number of carbonyl (C=O) groups is 3. The van der Waals surface area contributed by atoms with Crippen LogP contribution in [0.3, 0.4) is 0 Å². The predicted molar refractivity (Wildman–Crippen MR) is 109 cm³/mol. The first kappa shape index (κ1) is 21.4. The van der Waals surface area contributed by atoms with Crippen molar-refractivity contribution in [2.24, 2.45) is 5.92 Å². The van der Waals surface area contributed by atoms with Crippen LogP contribution in [0, 0.1) is 5.92 Å². The number of amides is 2. The van der Waals surface area contributed by atoms with E-state index in [4.69, 9.17) is 4.74 Å². The van der Waals surface area contributed by atoms with E-state index in [-0.39, 0.29) is 11.8 Å². The fraction of sp³-hybridized carbons (Fsp3) is 0.409. The standard InChI is InChI=1S/C22H28N2O4/c1-14(2)12-20(22(27)28-4)24-21(26)19(23-15(3)25)13-17-10-7-9-16-8-5-6-11-18(16)17/h5-11,14,19-20H,12-13H2,1-4H3,(H,23,25)(H,24,26)/t19-,20-/m0/s1. The van der Waals surface area contributed by atoms with Gasteiger partial charge in [0.2, 0.25) is 11.8 Å². The third-order valence-corrected chi connectivity index (χ3v) is 4.51. The van der Waals surface area contributed by atoms with E-state index in [2.05, 4.69) is 10.6 Å². The number of fused-ring (bicyclic) bond motifs is 1. The van der Waals surface area contributed by atoms with Crippen LogP contribution in [0.4, 0.5) is 0 Å². The van der Waals surface area contributed by atoms with E-state index in [0.717, 1.165) is 16.3 Å². The number of hydrogen-bond acceptors (Lipinski definition) is 4. The molecule has 2 N–H and O–H groups in total. The van der Waals surface area contributed by atoms with Crippen LogP contribution in [0.25, 0.3) is 10.8 Å². The van der Waals surface area contributed by atoms with Crippen molar-refractivity contribution in [3.05, 3.63) is 48.0 Å². The first-order chi connectivity index (χ1) is 13.3. The van der Waals surface area contributed by atoms with E-state index in [1.54, 1.807) is 0 Å². The minimum Gasteiger partial charge on any atom is -0.467 e. The predicted octanol–water partition coefficient (Wildman–Crippen LogP) is 2.59. The van der Waals surface area contributed by atoms with Crippen LogP contribution in [-0.4, -0.2) is 37.0 Å². The Hall–Kier alpha value is -2.89. The molecule has 2 aromatic carbocycles. The smallest absolute Gasteiger partial charge is 0.328 e. The molecule has 2 amide bonds. The molecule has 0 heterocycles. The lowest BCUT2D eigenvalue weighted by Gasteiger charge is -2.23. The highest BCUT2D eigenvalue weighted by Gasteiger charge is 2.27. The van der Waals surface area contributed by atoms with E-state index < -0.39 is 24.0 Å². The van der Waals surface area contributed by atoms with Crippen LogP contribution in [-0.2, 0) is 25.5 Å². The Bertz CT molecular complexity index is 842. The van der Waals surface area contributed by atoms with Gasteiger partial charge in [0.05, 0.1) is 7.11 Å². The van der Waals surface area contributed by atoms with Crippen molar-refractivity contribution in [3.8, 4) is 0 Å². The van der Waals surface area contributed by atoms with Crippen LogP contribution in [0.5, 0.6) is 0 Å². The highest BCUT2D eigenvalue weighted by atomic mass is 16.5. The molecule has 0 saturated heterocycles. The summed E-state index contributed by atoms with van der Waals surface area (Å²) < 4.78 is 4.81. The molecule has 0 aliphatic rings. The molecule has 0 bridgehead atoms. The molecule has 28 heavy (non-hydrogen) atoms. The van der Waals surface area contributed by atoms with Gasteiger partial charge in [-0.15, -0.1) is 0 Å². The number of ether oxygens (including phenoxy) is 1. The molecule has 6 nitrogen and oxygen atoms in total. The second-order valence-corrected chi connectivity index (χ2v) is 7.31. The van der Waals surface area contributed by atoms with Gasteiger partial charge in [0.25, 0.3) is 0 Å². The summed E-state index contributed by atoms with van der Waals surface area (Å²) in [6, 6.07) is 12.2. The molecule has 0 aliphatic heterocycles. The molecule has 0 saturated carbocycles. The Morgan fingerprint density at radius 1 is 0.964 bits per heavy atom. The van der Waals surface area contributed by atoms with Gasteiger partial charge >= 0.3 is 5.97 Å². The molecule has 0 aromatic heterocycles. The Labute approximate surface area is 165 Å². The largest absolute Gasteiger partial charge is 0.467 e. The monoisotopic (exact) mass is 384 g/mol. The second-order valence-electron chi connectivity index (χ2n) is 7.31. The average Bonchev–Trinajstić information content (AvgIpc) is 2.65.